The molecule has 0 saturated heterocycles. The lowest BCUT2D eigenvalue weighted by Crippen LogP contribution is -2.19. The summed E-state index contributed by atoms with van der Waals surface area (Å²) in [5.41, 5.74) is 6.94. The summed E-state index contributed by atoms with van der Waals surface area (Å²) in [6.45, 7) is 6.71. The molecule has 0 aliphatic rings. The third-order valence-electron chi connectivity index (χ3n) is 5.14. The number of methoxy groups -OCH3 is 1. The first-order chi connectivity index (χ1) is 21.9. The fraction of sp³-hybridized carbons (Fsp3) is 0.500. The second-order valence-electron chi connectivity index (χ2n) is 9.69. The number of benzene rings is 1. The molecule has 0 saturated carbocycles. The van der Waals surface area contributed by atoms with Gasteiger partial charge in [0.15, 0.2) is 12.0 Å². The summed E-state index contributed by atoms with van der Waals surface area (Å²) in [5.74, 6) is 0.756. The number of nitrogens with two attached hydrogens (primary N) is 1. The van der Waals surface area contributed by atoms with Gasteiger partial charge in [-0.3, -0.25) is 4.57 Å². The van der Waals surface area contributed by atoms with E-state index in [0.29, 0.717) is 21.9 Å². The zero-order valence-corrected chi connectivity index (χ0v) is 27.7. The van der Waals surface area contributed by atoms with Crippen molar-refractivity contribution in [1.29, 1.82) is 0 Å². The lowest BCUT2D eigenvalue weighted by atomic mass is 10.3. The van der Waals surface area contributed by atoms with Gasteiger partial charge in [-0.15, -0.1) is 9.35 Å². The van der Waals surface area contributed by atoms with E-state index >= 15 is 0 Å². The Kier molecular flexibility index (Phi) is 14.3. The summed E-state index contributed by atoms with van der Waals surface area (Å²) in [7, 11) is -2.77. The molecule has 1 atom stereocenters. The Morgan fingerprint density at radius 1 is 0.935 bits per heavy atom. The summed E-state index contributed by atoms with van der Waals surface area (Å²) in [6, 6.07) is 7.41. The highest BCUT2D eigenvalue weighted by molar-refractivity contribution is 7.99. The minimum atomic E-state index is -4.36. The summed E-state index contributed by atoms with van der Waals surface area (Å²) in [5, 5.41) is 0.541. The predicted molar refractivity (Wildman–Crippen MR) is 159 cm³/mol. The molecule has 3 aromatic rings. The van der Waals surface area contributed by atoms with Gasteiger partial charge >= 0.3 is 19.9 Å². The van der Waals surface area contributed by atoms with Gasteiger partial charge in [-0.05, 0) is 58.9 Å². The number of hydrogen-bond donors (Lipinski definition) is 1. The molecule has 1 unspecified atom stereocenters. The van der Waals surface area contributed by atoms with Crippen LogP contribution in [0.3, 0.4) is 0 Å². The lowest BCUT2D eigenvalue weighted by Gasteiger charge is -2.19. The second kappa shape index (κ2) is 17.8. The zero-order valence-electron chi connectivity index (χ0n) is 26.0. The number of fused-ring (bicyclic) bond motifs is 1. The minimum Gasteiger partial charge on any atom is -0.497 e. The smallest absolute Gasteiger partial charge is 0.497 e. The monoisotopic (exact) mass is 689 g/mol. The van der Waals surface area contributed by atoms with Crippen LogP contribution in [-0.2, 0) is 53.9 Å². The standard InChI is InChI=1S/C26H36N5O13PS/c1-16(2)41-25(32)36-13-39-43-45(34,44-40-14-37-26(33)42-17(3)4)15-38-18(5)11-31-12-28-21-22(31)29-24(27)30-23(21)46-20-9-7-19(35-6)8-10-20/h7-10,12,16-18H,11,13-15H2,1-6H3,(H2,27,29,30). The number of ether oxygens (including phenoxy) is 6. The first-order valence-corrected chi connectivity index (χ1v) is 16.2. The molecule has 18 nitrogen and oxygen atoms in total. The predicted octanol–water partition coefficient (Wildman–Crippen LogP) is 5.06. The Morgan fingerprint density at radius 3 is 2.07 bits per heavy atom. The van der Waals surface area contributed by atoms with E-state index in [1.54, 1.807) is 46.3 Å². The summed E-state index contributed by atoms with van der Waals surface area (Å²) >= 11 is 1.35. The molecule has 0 bridgehead atoms. The van der Waals surface area contributed by atoms with Crippen LogP contribution in [0.15, 0.2) is 40.5 Å². The van der Waals surface area contributed by atoms with Gasteiger partial charge in [-0.1, -0.05) is 11.8 Å². The Balaban J connectivity index is 1.62. The van der Waals surface area contributed by atoms with E-state index in [1.807, 2.05) is 24.3 Å². The molecule has 2 N–H and O–H groups in total. The molecule has 0 radical (unpaired) electrons. The summed E-state index contributed by atoms with van der Waals surface area (Å²) in [4.78, 5) is 46.5. The average molecular weight is 690 g/mol. The maximum absolute atomic E-state index is 13.3. The number of rotatable bonds is 18. The van der Waals surface area contributed by atoms with E-state index < -0.39 is 58.2 Å². The van der Waals surface area contributed by atoms with Crippen LogP contribution in [0, 0.1) is 0 Å². The normalized spacial score (nSPS) is 12.3. The summed E-state index contributed by atoms with van der Waals surface area (Å²) in [6.07, 6.45) is -2.78. The number of imidazole rings is 1. The third-order valence-corrected chi connectivity index (χ3v) is 7.26. The van der Waals surface area contributed by atoms with Gasteiger partial charge in [-0.2, -0.15) is 14.8 Å². The number of aromatic nitrogens is 4. The number of nitrogen functional groups attached to an aromatic ring is 1. The maximum atomic E-state index is 13.3. The van der Waals surface area contributed by atoms with Crippen molar-refractivity contribution in [2.45, 2.75) is 69.4 Å². The Bertz CT molecular complexity index is 1440. The van der Waals surface area contributed by atoms with Crippen LogP contribution in [-0.4, -0.2) is 77.2 Å². The third kappa shape index (κ3) is 12.2. The van der Waals surface area contributed by atoms with Crippen molar-refractivity contribution in [3.63, 3.8) is 0 Å². The van der Waals surface area contributed by atoms with Gasteiger partial charge in [0.25, 0.3) is 0 Å². The first-order valence-electron chi connectivity index (χ1n) is 13.7. The average Bonchev–Trinajstić information content (AvgIpc) is 3.38. The van der Waals surface area contributed by atoms with Gasteiger partial charge in [0.05, 0.1) is 38.3 Å². The molecule has 46 heavy (non-hydrogen) atoms. The minimum absolute atomic E-state index is 0.0402. The summed E-state index contributed by atoms with van der Waals surface area (Å²) < 4.78 is 54.4. The fourth-order valence-corrected chi connectivity index (χ4v) is 5.13. The van der Waals surface area contributed by atoms with E-state index in [0.717, 1.165) is 4.90 Å². The van der Waals surface area contributed by atoms with Gasteiger partial charge in [0.2, 0.25) is 19.5 Å². The topological polar surface area (TPSA) is 213 Å². The molecular weight excluding hydrogens is 653 g/mol. The SMILES string of the molecule is COc1ccc(Sc2nc(N)nc3c2ncn3CC(C)OCP(=O)(OOCOC(=O)OC(C)C)OOCOC(=O)OC(C)C)cc1. The van der Waals surface area contributed by atoms with Crippen LogP contribution in [0.4, 0.5) is 15.5 Å². The highest BCUT2D eigenvalue weighted by Crippen LogP contribution is 2.49. The molecule has 0 aliphatic heterocycles. The molecule has 2 heterocycles. The van der Waals surface area contributed by atoms with Crippen molar-refractivity contribution in [2.75, 3.05) is 32.8 Å². The molecule has 0 aliphatic carbocycles. The van der Waals surface area contributed by atoms with Crippen LogP contribution in [0.2, 0.25) is 0 Å². The van der Waals surface area contributed by atoms with Gasteiger partial charge in [-0.25, -0.2) is 19.6 Å². The largest absolute Gasteiger partial charge is 0.510 e. The van der Waals surface area contributed by atoms with E-state index in [4.69, 9.17) is 43.8 Å². The highest BCUT2D eigenvalue weighted by atomic mass is 32.2. The Labute approximate surface area is 268 Å². The van der Waals surface area contributed by atoms with Crippen LogP contribution in [0.25, 0.3) is 11.2 Å². The second-order valence-corrected chi connectivity index (χ2v) is 12.5. The Morgan fingerprint density at radius 2 is 1.52 bits per heavy atom. The van der Waals surface area contributed by atoms with Crippen molar-refractivity contribution in [3.05, 3.63) is 30.6 Å². The first kappa shape index (κ1) is 36.8. The van der Waals surface area contributed by atoms with Gasteiger partial charge in [0, 0.05) is 4.90 Å². The highest BCUT2D eigenvalue weighted by Gasteiger charge is 2.31. The number of nitrogens with zero attached hydrogens (tertiary/aromatic N) is 4. The lowest BCUT2D eigenvalue weighted by molar-refractivity contribution is -0.308. The zero-order chi connectivity index (χ0) is 33.7. The molecule has 0 spiro atoms. The van der Waals surface area contributed by atoms with Crippen molar-refractivity contribution in [1.82, 2.24) is 19.5 Å². The molecule has 254 valence electrons. The molecular formula is C26H36N5O13PS. The maximum Gasteiger partial charge on any atom is 0.510 e. The van der Waals surface area contributed by atoms with Crippen LogP contribution < -0.4 is 10.5 Å². The molecule has 20 heteroatoms. The molecule has 0 amide bonds. The van der Waals surface area contributed by atoms with Crippen molar-refractivity contribution in [2.24, 2.45) is 0 Å². The number of hydrogen-bond acceptors (Lipinski definition) is 18. The van der Waals surface area contributed by atoms with Crippen LogP contribution >= 0.6 is 19.4 Å². The molecule has 3 rings (SSSR count). The number of carbonyl (C=O) groups is 2. The van der Waals surface area contributed by atoms with E-state index in [2.05, 4.69) is 24.4 Å². The Hall–Kier alpha value is -3.71. The van der Waals surface area contributed by atoms with E-state index in [-0.39, 0.29) is 12.5 Å². The molecule has 1 aromatic carbocycles. The van der Waals surface area contributed by atoms with Crippen LogP contribution in [0.5, 0.6) is 5.75 Å². The molecule has 0 fully saturated rings. The fourth-order valence-electron chi connectivity index (χ4n) is 3.30. The number of carbonyl (C=O) groups excluding carboxylic acids is 2. The van der Waals surface area contributed by atoms with Gasteiger partial charge < -0.3 is 38.7 Å². The van der Waals surface area contributed by atoms with E-state index in [1.165, 1.54) is 18.1 Å². The van der Waals surface area contributed by atoms with E-state index in [9.17, 15) is 14.2 Å². The quantitative estimate of drug-likeness (QED) is 0.0351. The van der Waals surface area contributed by atoms with Crippen molar-refractivity contribution in [3.8, 4) is 5.75 Å². The van der Waals surface area contributed by atoms with Crippen molar-refractivity contribution < 1.29 is 61.7 Å². The molecule has 2 aromatic heterocycles. The van der Waals surface area contributed by atoms with Crippen molar-refractivity contribution >= 4 is 48.8 Å². The number of anilines is 1. The van der Waals surface area contributed by atoms with Crippen LogP contribution in [0.1, 0.15) is 34.6 Å². The van der Waals surface area contributed by atoms with Gasteiger partial charge in [0.1, 0.15) is 16.3 Å².